The number of hydrogen-bond acceptors (Lipinski definition) is 0. The van der Waals surface area contributed by atoms with E-state index in [0.29, 0.717) is 0 Å². The second-order valence-electron chi connectivity index (χ2n) is 16.8. The van der Waals surface area contributed by atoms with Gasteiger partial charge in [0.05, 0.1) is 27.5 Å². The number of nitrogens with zero attached hydrogens (tertiary/aromatic N) is 2. The lowest BCUT2D eigenvalue weighted by molar-refractivity contribution is 0.767. The summed E-state index contributed by atoms with van der Waals surface area (Å²) in [6.45, 7) is 0. The molecule has 12 aromatic rings. The van der Waals surface area contributed by atoms with Crippen molar-refractivity contribution in [1.82, 2.24) is 9.13 Å². The standard InChI is InChI=1S/C61H40N2/c1-4-17-41(18-5-1)42-31-34-59-53(37-42)54-39-44(43-32-35-58-52(38-43)51-27-12-15-30-57(51)62(58)47-22-8-3-9-23-47)33-36-60(54)63(59)48-24-16-21-46(40-48)61(45-19-6-2-7-20-45)55-28-13-10-25-49(55)50-26-11-14-29-56(50)61/h1-40H. The van der Waals surface area contributed by atoms with Crippen LogP contribution in [0.25, 0.3) is 88.4 Å². The van der Waals surface area contributed by atoms with Crippen LogP contribution < -0.4 is 0 Å². The molecular weight excluding hydrogens is 761 g/mol. The largest absolute Gasteiger partial charge is 0.309 e. The molecule has 0 unspecified atom stereocenters. The lowest BCUT2D eigenvalue weighted by Crippen LogP contribution is -2.28. The molecule has 2 heteroatoms. The van der Waals surface area contributed by atoms with Gasteiger partial charge < -0.3 is 9.13 Å². The zero-order valence-corrected chi connectivity index (χ0v) is 34.5. The first kappa shape index (κ1) is 35.5. The molecular formula is C61H40N2. The van der Waals surface area contributed by atoms with E-state index in [9.17, 15) is 0 Å². The first-order chi connectivity index (χ1) is 31.3. The van der Waals surface area contributed by atoms with Crippen LogP contribution in [0.15, 0.2) is 243 Å². The summed E-state index contributed by atoms with van der Waals surface area (Å²) < 4.78 is 4.87. The average molecular weight is 801 g/mol. The minimum atomic E-state index is -0.487. The summed E-state index contributed by atoms with van der Waals surface area (Å²) >= 11 is 0. The number of rotatable bonds is 6. The predicted octanol–water partition coefficient (Wildman–Crippen LogP) is 15.6. The Morgan fingerprint density at radius 3 is 1.30 bits per heavy atom. The smallest absolute Gasteiger partial charge is 0.0714 e. The summed E-state index contributed by atoms with van der Waals surface area (Å²) in [5, 5.41) is 4.96. The predicted molar refractivity (Wildman–Crippen MR) is 263 cm³/mol. The second-order valence-corrected chi connectivity index (χ2v) is 16.8. The molecule has 0 amide bonds. The van der Waals surface area contributed by atoms with Gasteiger partial charge in [-0.05, 0) is 122 Å². The van der Waals surface area contributed by atoms with Crippen molar-refractivity contribution in [1.29, 1.82) is 0 Å². The molecule has 0 aliphatic heterocycles. The van der Waals surface area contributed by atoms with Crippen molar-refractivity contribution in [2.45, 2.75) is 5.41 Å². The fraction of sp³-hybridized carbons (Fsp3) is 0.0164. The van der Waals surface area contributed by atoms with Gasteiger partial charge in [0.2, 0.25) is 0 Å². The average Bonchev–Trinajstić information content (AvgIpc) is 3.98. The van der Waals surface area contributed by atoms with Crippen molar-refractivity contribution < 1.29 is 0 Å². The van der Waals surface area contributed by atoms with E-state index in [1.54, 1.807) is 0 Å². The summed E-state index contributed by atoms with van der Waals surface area (Å²) in [7, 11) is 0. The summed E-state index contributed by atoms with van der Waals surface area (Å²) in [5.74, 6) is 0. The van der Waals surface area contributed by atoms with Gasteiger partial charge in [-0.25, -0.2) is 0 Å². The molecule has 0 bridgehead atoms. The van der Waals surface area contributed by atoms with E-state index >= 15 is 0 Å². The first-order valence-electron chi connectivity index (χ1n) is 21.8. The van der Waals surface area contributed by atoms with Crippen LogP contribution in [0.2, 0.25) is 0 Å². The third-order valence-corrected chi connectivity index (χ3v) is 13.6. The molecule has 63 heavy (non-hydrogen) atoms. The Hall–Kier alpha value is -8.20. The highest BCUT2D eigenvalue weighted by molar-refractivity contribution is 6.13. The molecule has 294 valence electrons. The number of hydrogen-bond donors (Lipinski definition) is 0. The van der Waals surface area contributed by atoms with Gasteiger partial charge in [-0.1, -0.05) is 176 Å². The molecule has 1 aliphatic rings. The summed E-state index contributed by atoms with van der Waals surface area (Å²) in [6.07, 6.45) is 0. The second kappa shape index (κ2) is 13.9. The fourth-order valence-electron chi connectivity index (χ4n) is 10.9. The Labute approximate surface area is 366 Å². The molecule has 0 N–H and O–H groups in total. The molecule has 1 aliphatic carbocycles. The van der Waals surface area contributed by atoms with Gasteiger partial charge >= 0.3 is 0 Å². The summed E-state index contributed by atoms with van der Waals surface area (Å²) in [4.78, 5) is 0. The van der Waals surface area contributed by atoms with Crippen molar-refractivity contribution in [2.75, 3.05) is 0 Å². The lowest BCUT2D eigenvalue weighted by atomic mass is 9.67. The topological polar surface area (TPSA) is 9.86 Å². The van der Waals surface area contributed by atoms with Gasteiger partial charge in [0.1, 0.15) is 0 Å². The maximum absolute atomic E-state index is 2.48. The van der Waals surface area contributed by atoms with Crippen LogP contribution in [0.4, 0.5) is 0 Å². The molecule has 0 fully saturated rings. The van der Waals surface area contributed by atoms with Crippen molar-refractivity contribution >= 4 is 43.6 Å². The molecule has 2 heterocycles. The maximum Gasteiger partial charge on any atom is 0.0714 e. The molecule has 13 rings (SSSR count). The molecule has 0 saturated heterocycles. The molecule has 0 radical (unpaired) electrons. The van der Waals surface area contributed by atoms with Crippen LogP contribution in [-0.2, 0) is 5.41 Å². The molecule has 0 spiro atoms. The minimum Gasteiger partial charge on any atom is -0.309 e. The molecule has 2 nitrogen and oxygen atoms in total. The van der Waals surface area contributed by atoms with Crippen LogP contribution >= 0.6 is 0 Å². The van der Waals surface area contributed by atoms with Crippen molar-refractivity contribution in [3.8, 4) is 44.8 Å². The van der Waals surface area contributed by atoms with Crippen LogP contribution in [0.3, 0.4) is 0 Å². The van der Waals surface area contributed by atoms with E-state index in [1.807, 2.05) is 0 Å². The van der Waals surface area contributed by atoms with Crippen LogP contribution in [-0.4, -0.2) is 9.13 Å². The maximum atomic E-state index is 2.48. The first-order valence-corrected chi connectivity index (χ1v) is 21.8. The summed E-state index contributed by atoms with van der Waals surface area (Å²) in [6, 6.07) is 89.6. The van der Waals surface area contributed by atoms with Crippen LogP contribution in [0.5, 0.6) is 0 Å². The number of benzene rings is 10. The Balaban J connectivity index is 1.04. The highest BCUT2D eigenvalue weighted by Crippen LogP contribution is 2.56. The monoisotopic (exact) mass is 800 g/mol. The van der Waals surface area contributed by atoms with Gasteiger partial charge in [-0.15, -0.1) is 0 Å². The van der Waals surface area contributed by atoms with E-state index in [4.69, 9.17) is 0 Å². The van der Waals surface area contributed by atoms with Gasteiger partial charge in [0.25, 0.3) is 0 Å². The van der Waals surface area contributed by atoms with E-state index in [-0.39, 0.29) is 0 Å². The summed E-state index contributed by atoms with van der Waals surface area (Å²) in [5.41, 5.74) is 19.1. The quantitative estimate of drug-likeness (QED) is 0.159. The van der Waals surface area contributed by atoms with Crippen molar-refractivity contribution in [3.63, 3.8) is 0 Å². The molecule has 2 aromatic heterocycles. The van der Waals surface area contributed by atoms with Crippen molar-refractivity contribution in [3.05, 3.63) is 265 Å². The number of fused-ring (bicyclic) bond motifs is 9. The SMILES string of the molecule is c1ccc(-c2ccc3c(c2)c2cc(-c4ccc5c(c4)c4ccccc4n5-c4ccccc4)ccc2n3-c2cccc(C3(c4ccccc4)c4ccccc4-c4ccccc43)c2)cc1. The Morgan fingerprint density at radius 2 is 0.683 bits per heavy atom. The number of aromatic nitrogens is 2. The zero-order chi connectivity index (χ0) is 41.5. The zero-order valence-electron chi connectivity index (χ0n) is 34.5. The molecule has 0 saturated carbocycles. The molecule has 10 aromatic carbocycles. The van der Waals surface area contributed by atoms with Gasteiger partial charge in [0.15, 0.2) is 0 Å². The van der Waals surface area contributed by atoms with E-state index in [2.05, 4.69) is 252 Å². The van der Waals surface area contributed by atoms with E-state index in [1.165, 1.54) is 105 Å². The van der Waals surface area contributed by atoms with Gasteiger partial charge in [0, 0.05) is 32.9 Å². The van der Waals surface area contributed by atoms with E-state index in [0.717, 1.165) is 5.69 Å². The third kappa shape index (κ3) is 5.25. The highest BCUT2D eigenvalue weighted by Gasteiger charge is 2.46. The Morgan fingerprint density at radius 1 is 0.254 bits per heavy atom. The minimum absolute atomic E-state index is 0.487. The van der Waals surface area contributed by atoms with Gasteiger partial charge in [-0.3, -0.25) is 0 Å². The fourth-order valence-corrected chi connectivity index (χ4v) is 10.9. The van der Waals surface area contributed by atoms with Crippen LogP contribution in [0.1, 0.15) is 22.3 Å². The Bertz CT molecular complexity index is 3680. The third-order valence-electron chi connectivity index (χ3n) is 13.6. The Kier molecular flexibility index (Phi) is 7.85. The normalized spacial score (nSPS) is 12.9. The van der Waals surface area contributed by atoms with E-state index < -0.39 is 5.41 Å². The van der Waals surface area contributed by atoms with Crippen LogP contribution in [0, 0.1) is 0 Å². The number of para-hydroxylation sites is 2. The van der Waals surface area contributed by atoms with Crippen molar-refractivity contribution in [2.24, 2.45) is 0 Å². The highest BCUT2D eigenvalue weighted by atomic mass is 15.0. The molecule has 0 atom stereocenters. The lowest BCUT2D eigenvalue weighted by Gasteiger charge is -2.34. The van der Waals surface area contributed by atoms with Gasteiger partial charge in [-0.2, -0.15) is 0 Å².